The van der Waals surface area contributed by atoms with Crippen molar-refractivity contribution in [1.29, 1.82) is 0 Å². The highest BCUT2D eigenvalue weighted by Crippen LogP contribution is 2.37. The van der Waals surface area contributed by atoms with E-state index in [1.54, 1.807) is 6.92 Å². The molecule has 0 amide bonds. The lowest BCUT2D eigenvalue weighted by Gasteiger charge is -2.00. The van der Waals surface area contributed by atoms with Crippen LogP contribution in [0, 0.1) is 17.0 Å². The highest BCUT2D eigenvalue weighted by atomic mass is 79.9. The van der Waals surface area contributed by atoms with Crippen LogP contribution in [-0.4, -0.2) is 19.7 Å². The van der Waals surface area contributed by atoms with E-state index in [9.17, 15) is 14.9 Å². The molecule has 0 bridgehead atoms. The zero-order valence-electron chi connectivity index (χ0n) is 16.0. The Morgan fingerprint density at radius 2 is 1.78 bits per heavy atom. The smallest absolute Gasteiger partial charge is 0.291 e. The topological polar surface area (TPSA) is 119 Å². The monoisotopic (exact) mass is 552 g/mol. The van der Waals surface area contributed by atoms with Gasteiger partial charge in [0, 0.05) is 27.5 Å². The minimum absolute atomic E-state index is 0.0252. The quantitative estimate of drug-likeness (QED) is 0.163. The second kappa shape index (κ2) is 8.94. The number of hydrogen-bond acceptors (Lipinski definition) is 7. The summed E-state index contributed by atoms with van der Waals surface area (Å²) < 4.78 is 2.23. The average Bonchev–Trinajstić information content (AvgIpc) is 3.33. The highest BCUT2D eigenvalue weighted by Gasteiger charge is 2.17. The molecule has 0 saturated heterocycles. The second-order valence-electron chi connectivity index (χ2n) is 6.46. The number of thiazole rings is 1. The summed E-state index contributed by atoms with van der Waals surface area (Å²) in [6, 6.07) is 9.89. The molecule has 0 atom stereocenters. The lowest BCUT2D eigenvalue weighted by atomic mass is 10.2. The number of benzene rings is 2. The molecule has 0 fully saturated rings. The van der Waals surface area contributed by atoms with E-state index < -0.39 is 10.5 Å². The van der Waals surface area contributed by atoms with Gasteiger partial charge in [-0.25, -0.2) is 4.98 Å². The van der Waals surface area contributed by atoms with Crippen molar-refractivity contribution in [2.45, 2.75) is 6.92 Å². The summed E-state index contributed by atoms with van der Waals surface area (Å²) >= 11 is 16.8. The summed E-state index contributed by atoms with van der Waals surface area (Å²) in [4.78, 5) is 27.7. The van der Waals surface area contributed by atoms with Crippen molar-refractivity contribution in [3.05, 3.63) is 82.5 Å². The van der Waals surface area contributed by atoms with E-state index in [-0.39, 0.29) is 27.1 Å². The molecular formula is C19H11BrCl2N6O3S. The Bertz CT molecular complexity index is 1400. The number of non-ortho nitro benzene ring substituents is 1. The van der Waals surface area contributed by atoms with Gasteiger partial charge in [-0.05, 0) is 19.1 Å². The molecule has 2 aromatic heterocycles. The Hall–Kier alpha value is -2.86. The number of hydrogen-bond donors (Lipinski definition) is 1. The molecule has 4 aromatic rings. The minimum atomic E-state index is -0.621. The van der Waals surface area contributed by atoms with Crippen molar-refractivity contribution >= 4 is 67.5 Å². The van der Waals surface area contributed by atoms with Crippen LogP contribution < -0.4 is 5.56 Å². The normalized spacial score (nSPS) is 11.4. The molecule has 2 heterocycles. The van der Waals surface area contributed by atoms with Crippen LogP contribution in [0.4, 0.5) is 17.1 Å². The number of azo groups is 1. The summed E-state index contributed by atoms with van der Waals surface area (Å²) in [5.41, 5.74) is 1.42. The van der Waals surface area contributed by atoms with Gasteiger partial charge >= 0.3 is 5.56 Å². The summed E-state index contributed by atoms with van der Waals surface area (Å²) in [7, 11) is 0. The van der Waals surface area contributed by atoms with Gasteiger partial charge in [-0.2, -0.15) is 4.68 Å². The maximum absolute atomic E-state index is 12.9. The minimum Gasteiger partial charge on any atom is -0.291 e. The van der Waals surface area contributed by atoms with Gasteiger partial charge in [-0.1, -0.05) is 51.3 Å². The number of H-pyrrole nitrogens is 1. The molecule has 0 radical (unpaired) electrons. The van der Waals surface area contributed by atoms with Crippen LogP contribution in [0.5, 0.6) is 0 Å². The third-order valence-electron chi connectivity index (χ3n) is 4.33. The van der Waals surface area contributed by atoms with Crippen LogP contribution in [0.1, 0.15) is 5.69 Å². The first kappa shape index (κ1) is 22.3. The number of nitrogens with one attached hydrogen (secondary N) is 1. The van der Waals surface area contributed by atoms with Crippen molar-refractivity contribution < 1.29 is 4.92 Å². The Kier molecular flexibility index (Phi) is 6.24. The Balaban J connectivity index is 1.67. The molecule has 0 aliphatic heterocycles. The lowest BCUT2D eigenvalue weighted by molar-refractivity contribution is -0.384. The first-order valence-corrected chi connectivity index (χ1v) is 11.3. The molecule has 4 rings (SSSR count). The predicted molar refractivity (Wildman–Crippen MR) is 127 cm³/mol. The van der Waals surface area contributed by atoms with Gasteiger partial charge in [-0.3, -0.25) is 20.0 Å². The highest BCUT2D eigenvalue weighted by molar-refractivity contribution is 9.10. The van der Waals surface area contributed by atoms with Gasteiger partial charge in [0.05, 0.1) is 26.4 Å². The molecule has 32 heavy (non-hydrogen) atoms. The first-order valence-electron chi connectivity index (χ1n) is 8.83. The van der Waals surface area contributed by atoms with Crippen molar-refractivity contribution in [2.24, 2.45) is 10.2 Å². The zero-order chi connectivity index (χ0) is 23.0. The molecule has 0 saturated carbocycles. The third-order valence-corrected chi connectivity index (χ3v) is 6.26. The number of aromatic nitrogens is 3. The molecule has 0 aliphatic carbocycles. The van der Waals surface area contributed by atoms with Crippen molar-refractivity contribution in [3.63, 3.8) is 0 Å². The Labute approximate surface area is 202 Å². The largest absolute Gasteiger partial charge is 0.301 e. The summed E-state index contributed by atoms with van der Waals surface area (Å²) in [5, 5.41) is 23.9. The van der Waals surface area contributed by atoms with Crippen LogP contribution in [-0.2, 0) is 0 Å². The molecule has 0 unspecified atom stereocenters. The van der Waals surface area contributed by atoms with E-state index in [0.717, 1.165) is 27.9 Å². The maximum Gasteiger partial charge on any atom is 0.301 e. The lowest BCUT2D eigenvalue weighted by Crippen LogP contribution is -2.13. The molecule has 0 spiro atoms. The van der Waals surface area contributed by atoms with Gasteiger partial charge in [0.2, 0.25) is 5.13 Å². The number of nitro benzene ring substituents is 1. The number of aryl methyl sites for hydroxylation is 1. The number of rotatable bonds is 5. The van der Waals surface area contributed by atoms with E-state index in [2.05, 4.69) is 36.2 Å². The fraction of sp³-hybridized carbons (Fsp3) is 0.0526. The van der Waals surface area contributed by atoms with Crippen molar-refractivity contribution in [3.8, 4) is 16.4 Å². The van der Waals surface area contributed by atoms with E-state index in [4.69, 9.17) is 23.2 Å². The van der Waals surface area contributed by atoms with Gasteiger partial charge in [0.15, 0.2) is 5.69 Å². The van der Waals surface area contributed by atoms with E-state index >= 15 is 0 Å². The maximum atomic E-state index is 12.9. The number of nitro groups is 1. The molecule has 1 N–H and O–H groups in total. The second-order valence-corrected chi connectivity index (χ2v) is 9.03. The van der Waals surface area contributed by atoms with Crippen LogP contribution in [0.3, 0.4) is 0 Å². The van der Waals surface area contributed by atoms with Crippen LogP contribution in [0.25, 0.3) is 16.4 Å². The van der Waals surface area contributed by atoms with Gasteiger partial charge in [0.1, 0.15) is 5.69 Å². The number of nitrogens with zero attached hydrogens (tertiary/aromatic N) is 5. The van der Waals surface area contributed by atoms with E-state index in [1.165, 1.54) is 16.0 Å². The molecule has 2 aromatic carbocycles. The Morgan fingerprint density at radius 3 is 2.41 bits per heavy atom. The summed E-state index contributed by atoms with van der Waals surface area (Å²) in [6.45, 7) is 1.66. The molecule has 162 valence electrons. The van der Waals surface area contributed by atoms with Crippen molar-refractivity contribution in [2.75, 3.05) is 0 Å². The van der Waals surface area contributed by atoms with Crippen LogP contribution in [0.2, 0.25) is 10.0 Å². The zero-order valence-corrected chi connectivity index (χ0v) is 20.0. The molecule has 13 heteroatoms. The fourth-order valence-electron chi connectivity index (χ4n) is 2.76. The molecule has 9 nitrogen and oxygen atoms in total. The van der Waals surface area contributed by atoms with Gasteiger partial charge in [-0.15, -0.1) is 21.6 Å². The summed E-state index contributed by atoms with van der Waals surface area (Å²) in [6.07, 6.45) is 0. The van der Waals surface area contributed by atoms with Crippen LogP contribution in [0.15, 0.2) is 61.3 Å². The van der Waals surface area contributed by atoms with Gasteiger partial charge in [0.25, 0.3) is 5.69 Å². The number of aromatic amines is 1. The SMILES string of the molecule is Cc1[nH]n(-c2nc(-c3ccc(Br)cc3)cs2)c(=O)c1N=Nc1c(Cl)cc([N+](=O)[O-])cc1Cl. The average molecular weight is 554 g/mol. The molecule has 0 aliphatic rings. The Morgan fingerprint density at radius 1 is 1.16 bits per heavy atom. The summed E-state index contributed by atoms with van der Waals surface area (Å²) in [5.74, 6) is 0. The fourth-order valence-corrected chi connectivity index (χ4v) is 4.37. The number of halogens is 3. The third kappa shape index (κ3) is 4.37. The van der Waals surface area contributed by atoms with Crippen LogP contribution >= 0.6 is 50.5 Å². The predicted octanol–water partition coefficient (Wildman–Crippen LogP) is 6.99. The van der Waals surface area contributed by atoms with Crippen molar-refractivity contribution in [1.82, 2.24) is 14.8 Å². The first-order chi connectivity index (χ1) is 15.2. The van der Waals surface area contributed by atoms with E-state index in [1.807, 2.05) is 29.6 Å². The van der Waals surface area contributed by atoms with E-state index in [0.29, 0.717) is 10.8 Å². The standard InChI is InChI=1S/C19H11BrCl2N6O3S/c1-9-16(24-25-17-13(21)6-12(28(30)31)7-14(17)22)18(29)27(26-9)19-23-15(8-32-19)10-2-4-11(20)5-3-10/h2-8,26H,1H3. The molecular weight excluding hydrogens is 543 g/mol. The van der Waals surface area contributed by atoms with Gasteiger partial charge < -0.3 is 0 Å².